The number of aliphatic hydroxyl groups excluding tert-OH is 1. The van der Waals surface area contributed by atoms with Crippen molar-refractivity contribution in [2.24, 2.45) is 0 Å². The lowest BCUT2D eigenvalue weighted by Crippen LogP contribution is -2.34. The monoisotopic (exact) mass is 240 g/mol. The maximum atomic E-state index is 9.90. The molecule has 0 aromatic carbocycles. The van der Waals surface area contributed by atoms with Crippen molar-refractivity contribution < 1.29 is 5.11 Å². The molecule has 98 valence electrons. The number of hydrogen-bond donors (Lipinski definition) is 2. The van der Waals surface area contributed by atoms with Gasteiger partial charge in [-0.05, 0) is 0 Å². The molecule has 17 heavy (non-hydrogen) atoms. The van der Waals surface area contributed by atoms with E-state index in [9.17, 15) is 5.11 Å². The molecule has 1 rings (SSSR count). The number of rotatable bonds is 7. The van der Waals surface area contributed by atoms with E-state index < -0.39 is 6.10 Å². The first-order valence-corrected chi connectivity index (χ1v) is 6.40. The maximum Gasteiger partial charge on any atom is 0.150 e. The Morgan fingerprint density at radius 2 is 2.00 bits per heavy atom. The zero-order valence-corrected chi connectivity index (χ0v) is 11.3. The van der Waals surface area contributed by atoms with Gasteiger partial charge >= 0.3 is 0 Å². The number of hydrogen-bond acceptors (Lipinski definition) is 4. The summed E-state index contributed by atoms with van der Waals surface area (Å²) in [5.74, 6) is 1.80. The average molecular weight is 240 g/mol. The molecule has 0 radical (unpaired) electrons. The van der Waals surface area contributed by atoms with Crippen molar-refractivity contribution >= 4 is 0 Å². The Hall–Kier alpha value is -0.940. The summed E-state index contributed by atoms with van der Waals surface area (Å²) < 4.78 is 1.82. The number of nitrogens with one attached hydrogen (secondary N) is 1. The fourth-order valence-electron chi connectivity index (χ4n) is 1.62. The van der Waals surface area contributed by atoms with Gasteiger partial charge in [-0.25, -0.2) is 9.67 Å². The van der Waals surface area contributed by atoms with Gasteiger partial charge in [-0.3, -0.25) is 0 Å². The molecule has 5 nitrogen and oxygen atoms in total. The molecular formula is C12H24N4O. The van der Waals surface area contributed by atoms with Gasteiger partial charge in [0.2, 0.25) is 0 Å². The van der Waals surface area contributed by atoms with E-state index in [1.54, 1.807) is 0 Å². The summed E-state index contributed by atoms with van der Waals surface area (Å²) in [5.41, 5.74) is 0. The van der Waals surface area contributed by atoms with Gasteiger partial charge in [-0.2, -0.15) is 5.10 Å². The lowest BCUT2D eigenvalue weighted by Gasteiger charge is -2.14. The van der Waals surface area contributed by atoms with Crippen LogP contribution in [0.1, 0.15) is 39.3 Å². The predicted molar refractivity (Wildman–Crippen MR) is 67.9 cm³/mol. The Balaban J connectivity index is 2.57. The van der Waals surface area contributed by atoms with E-state index in [1.807, 2.05) is 11.6 Å². The maximum absolute atomic E-state index is 9.90. The van der Waals surface area contributed by atoms with Gasteiger partial charge in [0.25, 0.3) is 0 Å². The fraction of sp³-hybridized carbons (Fsp3) is 0.833. The SMILES string of the molecule is CCc1nc(CC)n(CC(O)CNC(C)C)n1. The quantitative estimate of drug-likeness (QED) is 0.738. The highest BCUT2D eigenvalue weighted by molar-refractivity contribution is 4.93. The zero-order chi connectivity index (χ0) is 12.8. The van der Waals surface area contributed by atoms with E-state index in [2.05, 4.69) is 36.2 Å². The van der Waals surface area contributed by atoms with Gasteiger partial charge in [0.05, 0.1) is 12.6 Å². The van der Waals surface area contributed by atoms with Crippen molar-refractivity contribution in [1.82, 2.24) is 20.1 Å². The number of aliphatic hydroxyl groups is 1. The fourth-order valence-corrected chi connectivity index (χ4v) is 1.62. The number of aryl methyl sites for hydroxylation is 2. The standard InChI is InChI=1S/C12H24N4O/c1-5-11-14-12(6-2)16(15-11)8-10(17)7-13-9(3)4/h9-10,13,17H,5-8H2,1-4H3. The molecule has 0 aliphatic heterocycles. The van der Waals surface area contributed by atoms with Crippen LogP contribution in [0.2, 0.25) is 0 Å². The van der Waals surface area contributed by atoms with Gasteiger partial charge < -0.3 is 10.4 Å². The summed E-state index contributed by atoms with van der Waals surface area (Å²) in [4.78, 5) is 4.42. The first-order chi connectivity index (χ1) is 8.06. The molecule has 1 unspecified atom stereocenters. The average Bonchev–Trinajstić information content (AvgIpc) is 2.68. The minimum Gasteiger partial charge on any atom is -0.390 e. The first-order valence-electron chi connectivity index (χ1n) is 6.40. The first kappa shape index (κ1) is 14.1. The zero-order valence-electron chi connectivity index (χ0n) is 11.3. The van der Waals surface area contributed by atoms with E-state index in [0.29, 0.717) is 19.1 Å². The summed E-state index contributed by atoms with van der Waals surface area (Å²) in [6, 6.07) is 0.386. The van der Waals surface area contributed by atoms with E-state index in [4.69, 9.17) is 0 Å². The molecule has 0 amide bonds. The van der Waals surface area contributed by atoms with Crippen LogP contribution in [0.25, 0.3) is 0 Å². The van der Waals surface area contributed by atoms with Crippen LogP contribution in [0.15, 0.2) is 0 Å². The van der Waals surface area contributed by atoms with E-state index in [1.165, 1.54) is 0 Å². The summed E-state index contributed by atoms with van der Waals surface area (Å²) in [6.45, 7) is 9.32. The second kappa shape index (κ2) is 6.71. The summed E-state index contributed by atoms with van der Waals surface area (Å²) in [6.07, 6.45) is 1.26. The predicted octanol–water partition coefficient (Wildman–Crippen LogP) is 0.762. The van der Waals surface area contributed by atoms with Crippen LogP contribution in [0.3, 0.4) is 0 Å². The number of nitrogens with zero attached hydrogens (tertiary/aromatic N) is 3. The third kappa shape index (κ3) is 4.44. The molecule has 1 heterocycles. The molecule has 0 spiro atoms. The highest BCUT2D eigenvalue weighted by Gasteiger charge is 2.11. The Labute approximate surface area is 103 Å². The minimum atomic E-state index is -0.422. The van der Waals surface area contributed by atoms with Crippen molar-refractivity contribution in [3.63, 3.8) is 0 Å². The lowest BCUT2D eigenvalue weighted by molar-refractivity contribution is 0.143. The highest BCUT2D eigenvalue weighted by atomic mass is 16.3. The smallest absolute Gasteiger partial charge is 0.150 e. The Kier molecular flexibility index (Phi) is 5.58. The molecule has 5 heteroatoms. The van der Waals surface area contributed by atoms with Crippen LogP contribution in [-0.4, -0.2) is 38.6 Å². The minimum absolute atomic E-state index is 0.386. The molecule has 0 saturated carbocycles. The third-order valence-electron chi connectivity index (χ3n) is 2.57. The molecule has 0 saturated heterocycles. The normalized spacial score (nSPS) is 13.3. The van der Waals surface area contributed by atoms with Crippen molar-refractivity contribution in [3.05, 3.63) is 11.6 Å². The topological polar surface area (TPSA) is 63.0 Å². The van der Waals surface area contributed by atoms with Crippen LogP contribution in [-0.2, 0) is 19.4 Å². The van der Waals surface area contributed by atoms with Crippen molar-refractivity contribution in [2.45, 2.75) is 59.2 Å². The Bertz CT molecular complexity index is 335. The van der Waals surface area contributed by atoms with Crippen molar-refractivity contribution in [2.75, 3.05) is 6.54 Å². The van der Waals surface area contributed by atoms with Gasteiger partial charge in [0.15, 0.2) is 5.82 Å². The van der Waals surface area contributed by atoms with Gasteiger partial charge in [0.1, 0.15) is 5.82 Å². The van der Waals surface area contributed by atoms with E-state index in [0.717, 1.165) is 24.5 Å². The lowest BCUT2D eigenvalue weighted by atomic mass is 10.3. The second-order valence-electron chi connectivity index (χ2n) is 4.55. The van der Waals surface area contributed by atoms with Gasteiger partial charge in [0, 0.05) is 25.4 Å². The molecule has 0 bridgehead atoms. The summed E-state index contributed by atoms with van der Waals surface area (Å²) >= 11 is 0. The Morgan fingerprint density at radius 1 is 1.29 bits per heavy atom. The number of aromatic nitrogens is 3. The largest absolute Gasteiger partial charge is 0.390 e. The summed E-state index contributed by atoms with van der Waals surface area (Å²) in [7, 11) is 0. The molecule has 1 aromatic heterocycles. The van der Waals surface area contributed by atoms with Crippen LogP contribution in [0.5, 0.6) is 0 Å². The second-order valence-corrected chi connectivity index (χ2v) is 4.55. The molecule has 0 aliphatic carbocycles. The highest BCUT2D eigenvalue weighted by Crippen LogP contribution is 2.02. The van der Waals surface area contributed by atoms with Crippen molar-refractivity contribution in [3.8, 4) is 0 Å². The van der Waals surface area contributed by atoms with Crippen LogP contribution in [0, 0.1) is 0 Å². The molecule has 2 N–H and O–H groups in total. The Morgan fingerprint density at radius 3 is 2.53 bits per heavy atom. The van der Waals surface area contributed by atoms with Crippen LogP contribution in [0.4, 0.5) is 0 Å². The van der Waals surface area contributed by atoms with Gasteiger partial charge in [-0.1, -0.05) is 27.7 Å². The van der Waals surface area contributed by atoms with Crippen molar-refractivity contribution in [1.29, 1.82) is 0 Å². The summed E-state index contributed by atoms with van der Waals surface area (Å²) in [5, 5.41) is 17.5. The molecule has 1 aromatic rings. The molecule has 1 atom stereocenters. The molecular weight excluding hydrogens is 216 g/mol. The molecule has 0 fully saturated rings. The van der Waals surface area contributed by atoms with Crippen LogP contribution < -0.4 is 5.32 Å². The molecule has 0 aliphatic rings. The van der Waals surface area contributed by atoms with Crippen LogP contribution >= 0.6 is 0 Å². The third-order valence-corrected chi connectivity index (χ3v) is 2.57. The van der Waals surface area contributed by atoms with E-state index in [-0.39, 0.29) is 0 Å². The van der Waals surface area contributed by atoms with Gasteiger partial charge in [-0.15, -0.1) is 0 Å². The van der Waals surface area contributed by atoms with E-state index >= 15 is 0 Å².